The van der Waals surface area contributed by atoms with E-state index in [0.29, 0.717) is 17.1 Å². The number of methoxy groups -OCH3 is 1. The first-order valence-electron chi connectivity index (χ1n) is 5.23. The van der Waals surface area contributed by atoms with Gasteiger partial charge in [-0.2, -0.15) is 0 Å². The average molecular weight is 239 g/mol. The van der Waals surface area contributed by atoms with Crippen molar-refractivity contribution in [2.45, 2.75) is 24.3 Å². The number of hydrogen-bond donors (Lipinski definition) is 2. The van der Waals surface area contributed by atoms with Crippen molar-refractivity contribution >= 4 is 18.5 Å². The highest BCUT2D eigenvalue weighted by Gasteiger charge is 2.11. The lowest BCUT2D eigenvalue weighted by molar-refractivity contribution is 0.0926. The molecule has 1 N–H and O–H groups in total. The number of carbonyl (C=O) groups excluding carboxylic acids is 1. The van der Waals surface area contributed by atoms with Crippen LogP contribution >= 0.6 is 12.6 Å². The number of benzene rings is 1. The Morgan fingerprint density at radius 1 is 1.50 bits per heavy atom. The lowest BCUT2D eigenvalue weighted by Crippen LogP contribution is -2.33. The van der Waals surface area contributed by atoms with Gasteiger partial charge in [-0.1, -0.05) is 12.1 Å². The number of amides is 1. The minimum Gasteiger partial charge on any atom is -0.385 e. The van der Waals surface area contributed by atoms with Gasteiger partial charge < -0.3 is 10.1 Å². The molecule has 1 unspecified atom stereocenters. The van der Waals surface area contributed by atoms with E-state index in [0.717, 1.165) is 6.42 Å². The first-order chi connectivity index (χ1) is 7.65. The first-order valence-corrected chi connectivity index (χ1v) is 5.67. The van der Waals surface area contributed by atoms with Crippen molar-refractivity contribution in [3.8, 4) is 0 Å². The van der Waals surface area contributed by atoms with Crippen molar-refractivity contribution in [3.63, 3.8) is 0 Å². The second-order valence-corrected chi connectivity index (χ2v) is 4.15. The van der Waals surface area contributed by atoms with Crippen LogP contribution in [-0.2, 0) is 4.74 Å². The van der Waals surface area contributed by atoms with Crippen LogP contribution in [0.1, 0.15) is 23.7 Å². The van der Waals surface area contributed by atoms with E-state index >= 15 is 0 Å². The highest BCUT2D eigenvalue weighted by atomic mass is 32.1. The molecular formula is C12H17NO2S. The molecule has 1 aromatic carbocycles. The van der Waals surface area contributed by atoms with Gasteiger partial charge in [0.1, 0.15) is 0 Å². The number of hydrogen-bond acceptors (Lipinski definition) is 3. The van der Waals surface area contributed by atoms with Crippen LogP contribution in [0.2, 0.25) is 0 Å². The van der Waals surface area contributed by atoms with Gasteiger partial charge in [0, 0.05) is 24.7 Å². The van der Waals surface area contributed by atoms with Crippen molar-refractivity contribution in [3.05, 3.63) is 29.8 Å². The Hall–Kier alpha value is -1.00. The molecule has 0 fully saturated rings. The Balaban J connectivity index is 2.56. The second kappa shape index (κ2) is 6.55. The summed E-state index contributed by atoms with van der Waals surface area (Å²) in [5, 5.41) is 2.90. The van der Waals surface area contributed by atoms with Crippen LogP contribution in [-0.4, -0.2) is 25.7 Å². The SMILES string of the molecule is COCCC(C)NC(=O)c1ccccc1S. The molecule has 0 spiro atoms. The topological polar surface area (TPSA) is 38.3 Å². The van der Waals surface area contributed by atoms with E-state index in [9.17, 15) is 4.79 Å². The summed E-state index contributed by atoms with van der Waals surface area (Å²) in [6.45, 7) is 2.60. The van der Waals surface area contributed by atoms with E-state index in [1.165, 1.54) is 0 Å². The number of nitrogens with one attached hydrogen (secondary N) is 1. The maximum Gasteiger partial charge on any atom is 0.252 e. The second-order valence-electron chi connectivity index (χ2n) is 3.67. The molecule has 3 nitrogen and oxygen atoms in total. The third kappa shape index (κ3) is 3.87. The van der Waals surface area contributed by atoms with E-state index in [2.05, 4.69) is 17.9 Å². The Morgan fingerprint density at radius 3 is 2.81 bits per heavy atom. The fourth-order valence-corrected chi connectivity index (χ4v) is 1.60. The Bertz CT molecular complexity index is 355. The molecule has 88 valence electrons. The highest BCUT2D eigenvalue weighted by Crippen LogP contribution is 2.12. The highest BCUT2D eigenvalue weighted by molar-refractivity contribution is 7.80. The molecule has 4 heteroatoms. The Labute approximate surface area is 102 Å². The van der Waals surface area contributed by atoms with Crippen molar-refractivity contribution in [1.82, 2.24) is 5.32 Å². The molecule has 0 aromatic heterocycles. The van der Waals surface area contributed by atoms with Crippen molar-refractivity contribution in [2.24, 2.45) is 0 Å². The van der Waals surface area contributed by atoms with Crippen LogP contribution in [0.5, 0.6) is 0 Å². The third-order valence-corrected chi connectivity index (χ3v) is 2.67. The molecule has 0 heterocycles. The predicted octanol–water partition coefficient (Wildman–Crippen LogP) is 2.13. The van der Waals surface area contributed by atoms with Crippen LogP contribution in [0.3, 0.4) is 0 Å². The van der Waals surface area contributed by atoms with E-state index < -0.39 is 0 Å². The summed E-state index contributed by atoms with van der Waals surface area (Å²) >= 11 is 4.24. The summed E-state index contributed by atoms with van der Waals surface area (Å²) in [5.41, 5.74) is 0.607. The van der Waals surface area contributed by atoms with Gasteiger partial charge >= 0.3 is 0 Å². The lowest BCUT2D eigenvalue weighted by atomic mass is 10.2. The van der Waals surface area contributed by atoms with Gasteiger partial charge in [-0.3, -0.25) is 4.79 Å². The zero-order valence-electron chi connectivity index (χ0n) is 9.56. The molecule has 1 atom stereocenters. The monoisotopic (exact) mass is 239 g/mol. The molecule has 0 aliphatic carbocycles. The Morgan fingerprint density at radius 2 is 2.19 bits per heavy atom. The van der Waals surface area contributed by atoms with E-state index in [-0.39, 0.29) is 11.9 Å². The molecular weight excluding hydrogens is 222 g/mol. The molecule has 0 radical (unpaired) electrons. The largest absolute Gasteiger partial charge is 0.385 e. The standard InChI is InChI=1S/C12H17NO2S/c1-9(7-8-15-2)13-12(14)10-5-3-4-6-11(10)16/h3-6,9,16H,7-8H2,1-2H3,(H,13,14). The molecule has 1 rings (SSSR count). The van der Waals surface area contributed by atoms with Crippen LogP contribution in [0, 0.1) is 0 Å². The maximum absolute atomic E-state index is 11.8. The minimum atomic E-state index is -0.0887. The average Bonchev–Trinajstić information content (AvgIpc) is 2.26. The Kier molecular flexibility index (Phi) is 5.35. The summed E-state index contributed by atoms with van der Waals surface area (Å²) in [4.78, 5) is 12.5. The minimum absolute atomic E-state index is 0.0887. The molecule has 0 saturated heterocycles. The number of thiol groups is 1. The van der Waals surface area contributed by atoms with E-state index in [1.807, 2.05) is 19.1 Å². The lowest BCUT2D eigenvalue weighted by Gasteiger charge is -2.14. The summed E-state index contributed by atoms with van der Waals surface area (Å²) < 4.78 is 4.96. The van der Waals surface area contributed by atoms with Crippen LogP contribution < -0.4 is 5.32 Å². The van der Waals surface area contributed by atoms with Gasteiger partial charge in [-0.15, -0.1) is 12.6 Å². The van der Waals surface area contributed by atoms with Crippen LogP contribution in [0.4, 0.5) is 0 Å². The van der Waals surface area contributed by atoms with Crippen molar-refractivity contribution < 1.29 is 9.53 Å². The zero-order valence-corrected chi connectivity index (χ0v) is 10.5. The zero-order chi connectivity index (χ0) is 12.0. The molecule has 0 bridgehead atoms. The van der Waals surface area contributed by atoms with Crippen LogP contribution in [0.15, 0.2) is 29.2 Å². The van der Waals surface area contributed by atoms with Crippen molar-refractivity contribution in [1.29, 1.82) is 0 Å². The van der Waals surface area contributed by atoms with Gasteiger partial charge in [-0.05, 0) is 25.5 Å². The first kappa shape index (κ1) is 13.1. The van der Waals surface area contributed by atoms with Crippen molar-refractivity contribution in [2.75, 3.05) is 13.7 Å². The van der Waals surface area contributed by atoms with E-state index in [1.54, 1.807) is 19.2 Å². The van der Waals surface area contributed by atoms with Crippen LogP contribution in [0.25, 0.3) is 0 Å². The number of rotatable bonds is 5. The third-order valence-electron chi connectivity index (χ3n) is 2.28. The van der Waals surface area contributed by atoms with E-state index in [4.69, 9.17) is 4.74 Å². The summed E-state index contributed by atoms with van der Waals surface area (Å²) in [6.07, 6.45) is 0.803. The van der Waals surface area contributed by atoms with Gasteiger partial charge in [-0.25, -0.2) is 0 Å². The molecule has 0 aliphatic rings. The smallest absolute Gasteiger partial charge is 0.252 e. The molecule has 1 aromatic rings. The summed E-state index contributed by atoms with van der Waals surface area (Å²) in [6, 6.07) is 7.35. The summed E-state index contributed by atoms with van der Waals surface area (Å²) in [5.74, 6) is -0.0887. The fourth-order valence-electron chi connectivity index (χ4n) is 1.33. The van der Waals surface area contributed by atoms with Gasteiger partial charge in [0.15, 0.2) is 0 Å². The molecule has 16 heavy (non-hydrogen) atoms. The normalized spacial score (nSPS) is 12.2. The quantitative estimate of drug-likeness (QED) is 0.773. The molecule has 0 saturated carbocycles. The molecule has 0 aliphatic heterocycles. The maximum atomic E-state index is 11.8. The number of ether oxygens (including phenoxy) is 1. The van der Waals surface area contributed by atoms with Gasteiger partial charge in [0.2, 0.25) is 0 Å². The summed E-state index contributed by atoms with van der Waals surface area (Å²) in [7, 11) is 1.65. The van der Waals surface area contributed by atoms with Gasteiger partial charge in [0.25, 0.3) is 5.91 Å². The number of carbonyl (C=O) groups is 1. The van der Waals surface area contributed by atoms with Gasteiger partial charge in [0.05, 0.1) is 5.56 Å². The predicted molar refractivity (Wildman–Crippen MR) is 67.1 cm³/mol. The molecule has 1 amide bonds. The fraction of sp³-hybridized carbons (Fsp3) is 0.417.